The first-order valence-electron chi connectivity index (χ1n) is 12.4. The van der Waals surface area contributed by atoms with Gasteiger partial charge < -0.3 is 30.9 Å². The molecule has 0 radical (unpaired) electrons. The van der Waals surface area contributed by atoms with E-state index in [1.54, 1.807) is 31.2 Å². The van der Waals surface area contributed by atoms with Crippen LogP contribution in [0.15, 0.2) is 48.5 Å². The van der Waals surface area contributed by atoms with Crippen molar-refractivity contribution >= 4 is 36.3 Å². The summed E-state index contributed by atoms with van der Waals surface area (Å²) in [7, 11) is 0. The molecule has 204 valence electrons. The molecule has 38 heavy (non-hydrogen) atoms. The van der Waals surface area contributed by atoms with Gasteiger partial charge in [0.25, 0.3) is 0 Å². The molecule has 0 spiro atoms. The van der Waals surface area contributed by atoms with Gasteiger partial charge in [-0.15, -0.1) is 0 Å². The number of aromatic hydroxyl groups is 2. The molecule has 11 heteroatoms. The van der Waals surface area contributed by atoms with Gasteiger partial charge in [0.1, 0.15) is 29.6 Å². The van der Waals surface area contributed by atoms with Gasteiger partial charge in [-0.05, 0) is 48.2 Å². The van der Waals surface area contributed by atoms with Crippen LogP contribution >= 0.6 is 12.6 Å². The number of amides is 3. The third-order valence-electron chi connectivity index (χ3n) is 6.35. The van der Waals surface area contributed by atoms with Crippen LogP contribution in [0, 0.1) is 0 Å². The highest BCUT2D eigenvalue weighted by Crippen LogP contribution is 2.21. The molecule has 0 bridgehead atoms. The fraction of sp³-hybridized carbons (Fsp3) is 0.407. The summed E-state index contributed by atoms with van der Waals surface area (Å²) in [5.74, 6) is -2.56. The predicted octanol–water partition coefficient (Wildman–Crippen LogP) is 1.64. The number of likely N-dealkylation sites (tertiary alicyclic amines) is 1. The molecule has 3 amide bonds. The van der Waals surface area contributed by atoms with Crippen LogP contribution in [0.2, 0.25) is 0 Å². The summed E-state index contributed by atoms with van der Waals surface area (Å²) < 4.78 is 0. The van der Waals surface area contributed by atoms with E-state index in [4.69, 9.17) is 0 Å². The number of carbonyl (C=O) groups excluding carboxylic acids is 3. The number of aliphatic carboxylic acids is 1. The Labute approximate surface area is 226 Å². The number of carbonyl (C=O) groups is 4. The van der Waals surface area contributed by atoms with Gasteiger partial charge in [0.05, 0.1) is 0 Å². The van der Waals surface area contributed by atoms with Gasteiger partial charge in [-0.2, -0.15) is 12.6 Å². The minimum Gasteiger partial charge on any atom is -0.508 e. The highest BCUT2D eigenvalue weighted by Gasteiger charge is 2.36. The Morgan fingerprint density at radius 2 is 1.45 bits per heavy atom. The maximum Gasteiger partial charge on any atom is 0.326 e. The third-order valence-corrected chi connectivity index (χ3v) is 6.53. The number of phenolic OH excluding ortho intramolecular Hbond substituents is 2. The molecule has 0 aromatic heterocycles. The standard InChI is InChI=1S/C27H33N3O7S/c1-16(38)13-24(33)30-12-2-3-23(30)26(35)28-21(14-17-4-8-19(31)9-5-17)25(34)29-22(27(36)37)15-18-6-10-20(32)11-7-18/h4-11,16,21-23,31-32,38H,2-3,12-15H2,1H3,(H,28,35)(H,29,34)(H,36,37)/t16?,21-,22-,23+/m0/s1. The first-order chi connectivity index (χ1) is 18.0. The fourth-order valence-corrected chi connectivity index (χ4v) is 4.55. The summed E-state index contributed by atoms with van der Waals surface area (Å²) >= 11 is 4.27. The van der Waals surface area contributed by atoms with Crippen molar-refractivity contribution in [2.75, 3.05) is 6.54 Å². The monoisotopic (exact) mass is 543 g/mol. The topological polar surface area (TPSA) is 156 Å². The average molecular weight is 544 g/mol. The van der Waals surface area contributed by atoms with Crippen molar-refractivity contribution < 1.29 is 34.5 Å². The largest absolute Gasteiger partial charge is 0.508 e. The highest BCUT2D eigenvalue weighted by molar-refractivity contribution is 7.80. The van der Waals surface area contributed by atoms with Crippen molar-refractivity contribution in [2.24, 2.45) is 0 Å². The minimum atomic E-state index is -1.28. The van der Waals surface area contributed by atoms with Crippen LogP contribution in [0.25, 0.3) is 0 Å². The number of nitrogens with zero attached hydrogens (tertiary/aromatic N) is 1. The molecule has 2 aromatic rings. The van der Waals surface area contributed by atoms with E-state index in [0.29, 0.717) is 30.5 Å². The van der Waals surface area contributed by atoms with Crippen molar-refractivity contribution in [2.45, 2.75) is 62.4 Å². The van der Waals surface area contributed by atoms with E-state index in [0.717, 1.165) is 0 Å². The number of carboxylic acids is 1. The van der Waals surface area contributed by atoms with Crippen molar-refractivity contribution in [1.29, 1.82) is 0 Å². The average Bonchev–Trinajstić information content (AvgIpc) is 3.36. The van der Waals surface area contributed by atoms with E-state index >= 15 is 0 Å². The Morgan fingerprint density at radius 1 is 0.921 bits per heavy atom. The zero-order valence-electron chi connectivity index (χ0n) is 21.0. The van der Waals surface area contributed by atoms with Gasteiger partial charge in [-0.25, -0.2) is 4.79 Å². The zero-order chi connectivity index (χ0) is 27.8. The molecular formula is C27H33N3O7S. The van der Waals surface area contributed by atoms with E-state index in [-0.39, 0.29) is 41.9 Å². The van der Waals surface area contributed by atoms with Gasteiger partial charge in [0, 0.05) is 31.1 Å². The molecule has 1 saturated heterocycles. The van der Waals surface area contributed by atoms with Crippen LogP contribution < -0.4 is 10.6 Å². The smallest absolute Gasteiger partial charge is 0.326 e. The SMILES string of the molecule is CC(S)CC(=O)N1CCC[C@@H]1C(=O)N[C@@H](Cc1ccc(O)cc1)C(=O)N[C@@H](Cc1ccc(O)cc1)C(=O)O. The Morgan fingerprint density at radius 3 is 1.95 bits per heavy atom. The second-order valence-electron chi connectivity index (χ2n) is 9.50. The maximum atomic E-state index is 13.3. The summed E-state index contributed by atoms with van der Waals surface area (Å²) in [5.41, 5.74) is 1.23. The Bertz CT molecular complexity index is 1140. The van der Waals surface area contributed by atoms with E-state index in [1.165, 1.54) is 29.2 Å². The van der Waals surface area contributed by atoms with Crippen LogP contribution in [-0.4, -0.2) is 73.8 Å². The molecule has 1 aliphatic rings. The molecule has 0 saturated carbocycles. The van der Waals surface area contributed by atoms with E-state index < -0.39 is 35.9 Å². The lowest BCUT2D eigenvalue weighted by Gasteiger charge is -2.27. The molecule has 1 heterocycles. The Balaban J connectivity index is 1.77. The van der Waals surface area contributed by atoms with E-state index in [1.807, 2.05) is 0 Å². The van der Waals surface area contributed by atoms with Gasteiger partial charge in [0.15, 0.2) is 0 Å². The number of hydrogen-bond acceptors (Lipinski definition) is 7. The molecule has 10 nitrogen and oxygen atoms in total. The second-order valence-corrected chi connectivity index (χ2v) is 10.4. The number of benzene rings is 2. The molecule has 5 N–H and O–H groups in total. The number of phenols is 2. The normalized spacial score (nSPS) is 17.3. The molecule has 1 aliphatic heterocycles. The first kappa shape index (κ1) is 28.8. The third kappa shape index (κ3) is 8.14. The Hall–Kier alpha value is -3.73. The molecule has 1 fully saturated rings. The van der Waals surface area contributed by atoms with Gasteiger partial charge in [0.2, 0.25) is 17.7 Å². The molecule has 2 aromatic carbocycles. The number of thiol groups is 1. The lowest BCUT2D eigenvalue weighted by molar-refractivity contribution is -0.142. The van der Waals surface area contributed by atoms with Gasteiger partial charge in [-0.1, -0.05) is 31.2 Å². The number of carboxylic acid groups (broad SMARTS) is 1. The lowest BCUT2D eigenvalue weighted by Crippen LogP contribution is -2.56. The molecular weight excluding hydrogens is 510 g/mol. The first-order valence-corrected chi connectivity index (χ1v) is 12.9. The van der Waals surface area contributed by atoms with Gasteiger partial charge >= 0.3 is 5.97 Å². The second kappa shape index (κ2) is 13.2. The lowest BCUT2D eigenvalue weighted by atomic mass is 10.0. The molecule has 0 aliphatic carbocycles. The Kier molecular flexibility index (Phi) is 10.0. The summed E-state index contributed by atoms with van der Waals surface area (Å²) in [5, 5.41) is 33.9. The van der Waals surface area contributed by atoms with Crippen molar-refractivity contribution in [3.63, 3.8) is 0 Å². The quantitative estimate of drug-likeness (QED) is 0.235. The predicted molar refractivity (Wildman–Crippen MR) is 143 cm³/mol. The summed E-state index contributed by atoms with van der Waals surface area (Å²) in [6, 6.07) is 8.92. The molecule has 1 unspecified atom stereocenters. The number of hydrogen-bond donors (Lipinski definition) is 6. The van der Waals surface area contributed by atoms with Crippen molar-refractivity contribution in [3.05, 3.63) is 59.7 Å². The van der Waals surface area contributed by atoms with Crippen molar-refractivity contribution in [1.82, 2.24) is 15.5 Å². The number of nitrogens with one attached hydrogen (secondary N) is 2. The van der Waals surface area contributed by atoms with Crippen molar-refractivity contribution in [3.8, 4) is 11.5 Å². The summed E-state index contributed by atoms with van der Waals surface area (Å²) in [6.45, 7) is 2.22. The molecule has 4 atom stereocenters. The summed E-state index contributed by atoms with van der Waals surface area (Å²) in [6.07, 6.45) is 1.28. The fourth-order valence-electron chi connectivity index (χ4n) is 4.39. The van der Waals surface area contributed by atoms with Gasteiger partial charge in [-0.3, -0.25) is 14.4 Å². The van der Waals surface area contributed by atoms with Crippen LogP contribution in [0.1, 0.15) is 37.3 Å². The minimum absolute atomic E-state index is 0.0320. The number of rotatable bonds is 11. The van der Waals surface area contributed by atoms with E-state index in [2.05, 4.69) is 23.3 Å². The molecule has 3 rings (SSSR count). The van der Waals surface area contributed by atoms with Crippen LogP contribution in [0.3, 0.4) is 0 Å². The zero-order valence-corrected chi connectivity index (χ0v) is 21.9. The maximum absolute atomic E-state index is 13.3. The summed E-state index contributed by atoms with van der Waals surface area (Å²) in [4.78, 5) is 52.7. The van der Waals surface area contributed by atoms with Crippen LogP contribution in [0.4, 0.5) is 0 Å². The van der Waals surface area contributed by atoms with Crippen LogP contribution in [-0.2, 0) is 32.0 Å². The highest BCUT2D eigenvalue weighted by atomic mass is 32.1. The van der Waals surface area contributed by atoms with E-state index in [9.17, 15) is 34.5 Å². The van der Waals surface area contributed by atoms with Crippen LogP contribution in [0.5, 0.6) is 11.5 Å².